The SMILES string of the molecule is CCCCCCCCCCCCCCCCCC[N+](CC)(OCC)OCC.CCOS(=O)(=O)[O-]. The molecule has 0 spiro atoms. The number of hydrogen-bond acceptors (Lipinski definition) is 6. The van der Waals surface area contributed by atoms with Crippen molar-refractivity contribution in [2.75, 3.05) is 32.9 Å². The molecular weight excluding hydrogens is 454 g/mol. The molecule has 0 rings (SSSR count). The van der Waals surface area contributed by atoms with Crippen LogP contribution >= 0.6 is 0 Å². The van der Waals surface area contributed by atoms with E-state index in [0.717, 1.165) is 13.1 Å². The van der Waals surface area contributed by atoms with Crippen molar-refractivity contribution in [1.29, 1.82) is 0 Å². The molecule has 0 aliphatic carbocycles. The lowest BCUT2D eigenvalue weighted by molar-refractivity contribution is -1.25. The molecule has 0 atom stereocenters. The molecule has 0 aliphatic rings. The van der Waals surface area contributed by atoms with Gasteiger partial charge < -0.3 is 4.55 Å². The first-order valence-corrected chi connectivity index (χ1v) is 15.4. The minimum atomic E-state index is -4.42. The molecule has 0 saturated heterocycles. The average molecular weight is 512 g/mol. The van der Waals surface area contributed by atoms with Crippen molar-refractivity contribution in [2.45, 2.75) is 137 Å². The Morgan fingerprint density at radius 2 is 0.912 bits per heavy atom. The van der Waals surface area contributed by atoms with Crippen molar-refractivity contribution in [2.24, 2.45) is 0 Å². The molecule has 0 aromatic heterocycles. The van der Waals surface area contributed by atoms with Crippen LogP contribution in [0.1, 0.15) is 137 Å². The Balaban J connectivity index is 0. The van der Waals surface area contributed by atoms with Crippen molar-refractivity contribution in [3.05, 3.63) is 0 Å². The van der Waals surface area contributed by atoms with Gasteiger partial charge in [-0.3, -0.25) is 4.18 Å². The van der Waals surface area contributed by atoms with Crippen molar-refractivity contribution in [1.82, 2.24) is 0 Å². The maximum atomic E-state index is 9.45. The summed E-state index contributed by atoms with van der Waals surface area (Å²) < 4.78 is 32.0. The topological polar surface area (TPSA) is 84.9 Å². The first kappa shape index (κ1) is 35.9. The zero-order valence-electron chi connectivity index (χ0n) is 23.2. The lowest BCUT2D eigenvalue weighted by Crippen LogP contribution is -2.48. The van der Waals surface area contributed by atoms with Crippen LogP contribution in [0.4, 0.5) is 0 Å². The van der Waals surface area contributed by atoms with Crippen LogP contribution in [0.25, 0.3) is 0 Å². The first-order chi connectivity index (χ1) is 16.3. The third-order valence-electron chi connectivity index (χ3n) is 5.83. The molecular formula is C26H57NO6S. The Bertz CT molecular complexity index is 496. The molecule has 8 heteroatoms. The Labute approximate surface area is 212 Å². The van der Waals surface area contributed by atoms with Crippen molar-refractivity contribution in [3.8, 4) is 0 Å². The van der Waals surface area contributed by atoms with Gasteiger partial charge in [0.1, 0.15) is 26.3 Å². The molecule has 0 fully saturated rings. The highest BCUT2D eigenvalue weighted by Gasteiger charge is 2.28. The van der Waals surface area contributed by atoms with Gasteiger partial charge in [0.15, 0.2) is 0 Å². The third-order valence-corrected chi connectivity index (χ3v) is 6.35. The fourth-order valence-corrected chi connectivity index (χ4v) is 4.31. The maximum absolute atomic E-state index is 9.45. The number of quaternary nitrogens is 1. The van der Waals surface area contributed by atoms with E-state index in [2.05, 4.69) is 31.9 Å². The molecule has 0 radical (unpaired) electrons. The normalized spacial score (nSPS) is 11.9. The van der Waals surface area contributed by atoms with Gasteiger partial charge in [-0.15, -0.1) is 0 Å². The summed E-state index contributed by atoms with van der Waals surface area (Å²) in [7, 11) is -4.42. The predicted molar refractivity (Wildman–Crippen MR) is 140 cm³/mol. The fourth-order valence-electron chi connectivity index (χ4n) is 4.02. The summed E-state index contributed by atoms with van der Waals surface area (Å²) in [5.41, 5.74) is 0. The number of hydroxylamine groups is 4. The van der Waals surface area contributed by atoms with Crippen LogP contribution in [0.2, 0.25) is 0 Å². The second-order valence-corrected chi connectivity index (χ2v) is 9.86. The molecule has 7 nitrogen and oxygen atoms in total. The fraction of sp³-hybridized carbons (Fsp3) is 1.00. The number of hydrogen-bond donors (Lipinski definition) is 0. The van der Waals surface area contributed by atoms with Gasteiger partial charge in [-0.2, -0.15) is 9.68 Å². The monoisotopic (exact) mass is 511 g/mol. The first-order valence-electron chi connectivity index (χ1n) is 14.1. The molecule has 0 aromatic carbocycles. The summed E-state index contributed by atoms with van der Waals surface area (Å²) in [5.74, 6) is 0. The van der Waals surface area contributed by atoms with Gasteiger partial charge in [0.2, 0.25) is 10.4 Å². The van der Waals surface area contributed by atoms with Crippen LogP contribution in [0, 0.1) is 0 Å². The largest absolute Gasteiger partial charge is 0.726 e. The zero-order chi connectivity index (χ0) is 26.0. The molecule has 0 heterocycles. The molecule has 208 valence electrons. The molecule has 0 unspecified atom stereocenters. The van der Waals surface area contributed by atoms with E-state index in [1.807, 2.05) is 0 Å². The van der Waals surface area contributed by atoms with Gasteiger partial charge in [0.25, 0.3) is 0 Å². The number of unbranched alkanes of at least 4 members (excludes halogenated alkanes) is 15. The highest BCUT2D eigenvalue weighted by molar-refractivity contribution is 7.80. The van der Waals surface area contributed by atoms with Crippen LogP contribution in [0.3, 0.4) is 0 Å². The van der Waals surface area contributed by atoms with Gasteiger partial charge >= 0.3 is 0 Å². The van der Waals surface area contributed by atoms with Gasteiger partial charge in [-0.25, -0.2) is 8.42 Å². The summed E-state index contributed by atoms with van der Waals surface area (Å²) in [6.45, 7) is 13.2. The second kappa shape index (κ2) is 25.8. The van der Waals surface area contributed by atoms with E-state index in [4.69, 9.17) is 9.68 Å². The highest BCUT2D eigenvalue weighted by atomic mass is 32.3. The van der Waals surface area contributed by atoms with E-state index in [-0.39, 0.29) is 6.61 Å². The highest BCUT2D eigenvalue weighted by Crippen LogP contribution is 2.16. The quantitative estimate of drug-likeness (QED) is 0.0439. The lowest BCUT2D eigenvalue weighted by atomic mass is 10.0. The number of rotatable bonds is 24. The van der Waals surface area contributed by atoms with E-state index in [9.17, 15) is 13.0 Å². The predicted octanol–water partition coefficient (Wildman–Crippen LogP) is 7.47. The van der Waals surface area contributed by atoms with Gasteiger partial charge in [-0.05, 0) is 38.9 Å². The van der Waals surface area contributed by atoms with E-state index < -0.39 is 10.4 Å². The summed E-state index contributed by atoms with van der Waals surface area (Å²) in [5, 5.41) is 0. The smallest absolute Gasteiger partial charge is 0.217 e. The number of nitrogens with zero attached hydrogens (tertiary/aromatic N) is 1. The lowest BCUT2D eigenvalue weighted by Gasteiger charge is -2.30. The summed E-state index contributed by atoms with van der Waals surface area (Å²) in [6, 6.07) is 0. The van der Waals surface area contributed by atoms with E-state index in [0.29, 0.717) is 18.0 Å². The minimum Gasteiger partial charge on any atom is -0.726 e. The van der Waals surface area contributed by atoms with Crippen LogP contribution in [-0.2, 0) is 24.3 Å². The second-order valence-electron chi connectivity index (χ2n) is 8.81. The summed E-state index contributed by atoms with van der Waals surface area (Å²) in [6.07, 6.45) is 22.6. The molecule has 0 bridgehead atoms. The molecule has 0 saturated carbocycles. The van der Waals surface area contributed by atoms with Gasteiger partial charge in [-0.1, -0.05) is 96.8 Å². The standard InChI is InChI=1S/C24H52NO2.C2H6O4S/c1-5-9-10-11-12-13-14-15-16-17-18-19-20-21-22-23-24-25(6-2,26-7-3)27-8-4;1-2-6-7(3,4)5/h5-24H2,1-4H3;2H2,1H3,(H,3,4,5)/q+1;/p-1. The maximum Gasteiger partial charge on any atom is 0.217 e. The molecule has 0 aromatic rings. The van der Waals surface area contributed by atoms with Crippen molar-refractivity contribution >= 4 is 10.4 Å². The van der Waals surface area contributed by atoms with E-state index in [1.54, 1.807) is 0 Å². The Hall–Kier alpha value is -0.250. The van der Waals surface area contributed by atoms with Gasteiger partial charge in [0, 0.05) is 6.42 Å². The third kappa shape index (κ3) is 26.4. The minimum absolute atomic E-state index is 0.0914. The van der Waals surface area contributed by atoms with Gasteiger partial charge in [0.05, 0.1) is 6.61 Å². The van der Waals surface area contributed by atoms with Crippen LogP contribution in [0.15, 0.2) is 0 Å². The van der Waals surface area contributed by atoms with Crippen molar-refractivity contribution in [3.63, 3.8) is 0 Å². The van der Waals surface area contributed by atoms with E-state index in [1.165, 1.54) is 110 Å². The Morgan fingerprint density at radius 3 is 1.15 bits per heavy atom. The van der Waals surface area contributed by atoms with E-state index >= 15 is 0 Å². The molecule has 0 N–H and O–H groups in total. The van der Waals surface area contributed by atoms with Crippen LogP contribution in [0.5, 0.6) is 0 Å². The molecule has 0 amide bonds. The summed E-state index contributed by atoms with van der Waals surface area (Å²) >= 11 is 0. The average Bonchev–Trinajstić information content (AvgIpc) is 2.78. The zero-order valence-corrected chi connectivity index (χ0v) is 24.0. The molecule has 34 heavy (non-hydrogen) atoms. The van der Waals surface area contributed by atoms with Crippen molar-refractivity contribution < 1.29 is 31.6 Å². The van der Waals surface area contributed by atoms with Crippen LogP contribution in [-0.4, -0.2) is 50.7 Å². The Kier molecular flexibility index (Phi) is 27.3. The molecule has 0 aliphatic heterocycles. The summed E-state index contributed by atoms with van der Waals surface area (Å²) in [4.78, 5) is 12.1. The van der Waals surface area contributed by atoms with Crippen LogP contribution < -0.4 is 0 Å². The Morgan fingerprint density at radius 1 is 0.559 bits per heavy atom.